The fourth-order valence-electron chi connectivity index (χ4n) is 5.54. The lowest BCUT2D eigenvalue weighted by molar-refractivity contribution is -0.123. The molecule has 0 spiro atoms. The van der Waals surface area contributed by atoms with Gasteiger partial charge in [-0.15, -0.1) is 0 Å². The average Bonchev–Trinajstić information content (AvgIpc) is 3.70. The van der Waals surface area contributed by atoms with Crippen molar-refractivity contribution < 1.29 is 23.9 Å². The molecule has 5 aromatic rings. The number of aromatic nitrogens is 4. The summed E-state index contributed by atoms with van der Waals surface area (Å²) in [6, 6.07) is 23.2. The highest BCUT2D eigenvalue weighted by Gasteiger charge is 2.28. The van der Waals surface area contributed by atoms with Crippen LogP contribution >= 0.6 is 0 Å². The standard InChI is InChI=1S/C35H37N7O5/c1-22(2)31-33-39-32(23-8-5-4-6-9-23)40-42(33)16-17-47-27-11-7-10-24(18-27)34(44)36-14-15-41(21-30(43)38-31)35(45)29-20-25-19-26(46-3)12-13-28(25)37-29/h4-13,18-20,22,31,37H,14-17,21H2,1-3H3,(H,36,44)(H,38,43)/t31-/m0/s1. The summed E-state index contributed by atoms with van der Waals surface area (Å²) in [6.07, 6.45) is 0. The van der Waals surface area contributed by atoms with Gasteiger partial charge in [0, 0.05) is 35.1 Å². The third-order valence-corrected chi connectivity index (χ3v) is 8.01. The smallest absolute Gasteiger partial charge is 0.270 e. The molecule has 2 aromatic heterocycles. The molecular formula is C35H37N7O5. The lowest BCUT2D eigenvalue weighted by Gasteiger charge is -2.26. The molecule has 3 aromatic carbocycles. The molecule has 3 heterocycles. The van der Waals surface area contributed by atoms with E-state index in [4.69, 9.17) is 19.6 Å². The number of ether oxygens (including phenoxy) is 2. The molecular weight excluding hydrogens is 598 g/mol. The van der Waals surface area contributed by atoms with Crippen LogP contribution in [0.2, 0.25) is 0 Å². The summed E-state index contributed by atoms with van der Waals surface area (Å²) in [5.74, 6) is 1.17. The fraction of sp³-hybridized carbons (Fsp3) is 0.286. The number of carbonyl (C=O) groups is 3. The maximum Gasteiger partial charge on any atom is 0.270 e. The van der Waals surface area contributed by atoms with E-state index in [1.54, 1.807) is 48.2 Å². The van der Waals surface area contributed by atoms with Gasteiger partial charge in [-0.2, -0.15) is 5.10 Å². The summed E-state index contributed by atoms with van der Waals surface area (Å²) >= 11 is 0. The highest BCUT2D eigenvalue weighted by Crippen LogP contribution is 2.25. The van der Waals surface area contributed by atoms with Crippen LogP contribution in [-0.4, -0.2) is 75.7 Å². The van der Waals surface area contributed by atoms with Crippen LogP contribution in [0.1, 0.15) is 46.6 Å². The molecule has 3 amide bonds. The predicted molar refractivity (Wildman–Crippen MR) is 176 cm³/mol. The third-order valence-electron chi connectivity index (χ3n) is 8.01. The van der Waals surface area contributed by atoms with Crippen LogP contribution in [0, 0.1) is 5.92 Å². The van der Waals surface area contributed by atoms with Gasteiger partial charge in [0.2, 0.25) is 5.91 Å². The quantitative estimate of drug-likeness (QED) is 0.268. The Morgan fingerprint density at radius 3 is 2.57 bits per heavy atom. The zero-order valence-corrected chi connectivity index (χ0v) is 26.5. The van der Waals surface area contributed by atoms with Gasteiger partial charge in [0.25, 0.3) is 11.8 Å². The minimum Gasteiger partial charge on any atom is -0.497 e. The molecule has 0 aliphatic carbocycles. The van der Waals surface area contributed by atoms with Gasteiger partial charge in [-0.1, -0.05) is 50.2 Å². The van der Waals surface area contributed by atoms with Gasteiger partial charge in [-0.05, 0) is 48.4 Å². The van der Waals surface area contributed by atoms with E-state index in [-0.39, 0.29) is 49.9 Å². The summed E-state index contributed by atoms with van der Waals surface area (Å²) in [6.45, 7) is 4.57. The summed E-state index contributed by atoms with van der Waals surface area (Å²) in [5, 5.41) is 11.6. The second kappa shape index (κ2) is 13.8. The van der Waals surface area contributed by atoms with Crippen LogP contribution in [0.15, 0.2) is 78.9 Å². The number of benzene rings is 3. The van der Waals surface area contributed by atoms with Crippen molar-refractivity contribution >= 4 is 28.6 Å². The SMILES string of the molecule is COc1ccc2[nH]c(C(=O)N3CCNC(=O)c4cccc(c4)OCCn4nc(-c5ccccc5)nc4[C@H](C(C)C)NC(=O)C3)cc2c1. The topological polar surface area (TPSA) is 143 Å². The molecule has 0 radical (unpaired) electrons. The number of methoxy groups -OCH3 is 1. The summed E-state index contributed by atoms with van der Waals surface area (Å²) in [7, 11) is 1.58. The lowest BCUT2D eigenvalue weighted by atomic mass is 10.0. The number of H-pyrrole nitrogens is 1. The van der Waals surface area contributed by atoms with E-state index < -0.39 is 6.04 Å². The van der Waals surface area contributed by atoms with Crippen molar-refractivity contribution in [2.24, 2.45) is 5.92 Å². The molecule has 1 atom stereocenters. The number of fused-ring (bicyclic) bond motifs is 4. The van der Waals surface area contributed by atoms with Crippen LogP contribution in [0.5, 0.6) is 11.5 Å². The lowest BCUT2D eigenvalue weighted by Crippen LogP contribution is -2.46. The van der Waals surface area contributed by atoms with Crippen molar-refractivity contribution in [1.82, 2.24) is 35.3 Å². The Labute approximate surface area is 272 Å². The zero-order valence-electron chi connectivity index (χ0n) is 26.5. The van der Waals surface area contributed by atoms with E-state index >= 15 is 0 Å². The normalized spacial score (nSPS) is 16.2. The molecule has 1 aliphatic heterocycles. The Morgan fingerprint density at radius 1 is 0.979 bits per heavy atom. The first-order chi connectivity index (χ1) is 22.8. The van der Waals surface area contributed by atoms with Crippen molar-refractivity contribution in [2.75, 3.05) is 33.4 Å². The Balaban J connectivity index is 1.34. The molecule has 2 bridgehead atoms. The van der Waals surface area contributed by atoms with Crippen LogP contribution in [0.25, 0.3) is 22.3 Å². The van der Waals surface area contributed by atoms with E-state index in [1.165, 1.54) is 4.90 Å². The van der Waals surface area contributed by atoms with Gasteiger partial charge in [0.05, 0.1) is 26.2 Å². The molecule has 6 rings (SSSR count). The molecule has 0 fully saturated rings. The highest BCUT2D eigenvalue weighted by atomic mass is 16.5. The van der Waals surface area contributed by atoms with Crippen molar-refractivity contribution in [3.8, 4) is 22.9 Å². The maximum absolute atomic E-state index is 13.9. The summed E-state index contributed by atoms with van der Waals surface area (Å²) in [5.41, 5.74) is 2.33. The number of hydrogen-bond acceptors (Lipinski definition) is 7. The minimum absolute atomic E-state index is 0.0580. The largest absolute Gasteiger partial charge is 0.497 e. The van der Waals surface area contributed by atoms with Gasteiger partial charge in [0.15, 0.2) is 11.6 Å². The van der Waals surface area contributed by atoms with E-state index in [1.807, 2.05) is 56.3 Å². The monoisotopic (exact) mass is 635 g/mol. The summed E-state index contributed by atoms with van der Waals surface area (Å²) in [4.78, 5) is 50.1. The number of hydrogen-bond donors (Lipinski definition) is 3. The van der Waals surface area contributed by atoms with Gasteiger partial charge in [-0.3, -0.25) is 14.4 Å². The van der Waals surface area contributed by atoms with E-state index in [0.29, 0.717) is 40.9 Å². The van der Waals surface area contributed by atoms with Gasteiger partial charge in [-0.25, -0.2) is 9.67 Å². The van der Waals surface area contributed by atoms with Crippen molar-refractivity contribution in [1.29, 1.82) is 0 Å². The van der Waals surface area contributed by atoms with Gasteiger partial charge in [0.1, 0.15) is 23.8 Å². The Kier molecular flexibility index (Phi) is 9.18. The Morgan fingerprint density at radius 2 is 1.79 bits per heavy atom. The molecule has 0 saturated carbocycles. The molecule has 1 aliphatic rings. The first-order valence-electron chi connectivity index (χ1n) is 15.6. The van der Waals surface area contributed by atoms with E-state index in [9.17, 15) is 14.4 Å². The third kappa shape index (κ3) is 7.11. The van der Waals surface area contributed by atoms with E-state index in [2.05, 4.69) is 15.6 Å². The molecule has 3 N–H and O–H groups in total. The Hall–Kier alpha value is -5.65. The molecule has 47 heavy (non-hydrogen) atoms. The summed E-state index contributed by atoms with van der Waals surface area (Å²) < 4.78 is 13.1. The zero-order chi connectivity index (χ0) is 32.9. The van der Waals surface area contributed by atoms with Crippen molar-refractivity contribution in [2.45, 2.75) is 26.4 Å². The maximum atomic E-state index is 13.9. The minimum atomic E-state index is -0.510. The predicted octanol–water partition coefficient (Wildman–Crippen LogP) is 4.21. The van der Waals surface area contributed by atoms with Crippen LogP contribution in [0.3, 0.4) is 0 Å². The molecule has 12 heteroatoms. The molecule has 0 unspecified atom stereocenters. The van der Waals surface area contributed by atoms with Crippen LogP contribution in [0.4, 0.5) is 0 Å². The number of rotatable bonds is 4. The number of amides is 3. The van der Waals surface area contributed by atoms with Crippen LogP contribution in [-0.2, 0) is 11.3 Å². The number of nitrogens with zero attached hydrogens (tertiary/aromatic N) is 4. The van der Waals surface area contributed by atoms with Crippen molar-refractivity contribution in [3.05, 3.63) is 95.9 Å². The van der Waals surface area contributed by atoms with Crippen LogP contribution < -0.4 is 20.1 Å². The molecule has 0 saturated heterocycles. The number of nitrogens with one attached hydrogen (secondary N) is 3. The molecule has 242 valence electrons. The first kappa shape index (κ1) is 31.3. The van der Waals surface area contributed by atoms with Gasteiger partial charge >= 0.3 is 0 Å². The van der Waals surface area contributed by atoms with Gasteiger partial charge < -0.3 is 30.0 Å². The number of aromatic amines is 1. The van der Waals surface area contributed by atoms with E-state index in [0.717, 1.165) is 16.5 Å². The highest BCUT2D eigenvalue weighted by molar-refractivity contribution is 6.00. The second-order valence-corrected chi connectivity index (χ2v) is 11.7. The Bertz CT molecular complexity index is 1900. The van der Waals surface area contributed by atoms with Crippen molar-refractivity contribution in [3.63, 3.8) is 0 Å². The number of carbonyl (C=O) groups excluding carboxylic acids is 3. The average molecular weight is 636 g/mol. The second-order valence-electron chi connectivity index (χ2n) is 11.7. The fourth-order valence-corrected chi connectivity index (χ4v) is 5.54. The first-order valence-corrected chi connectivity index (χ1v) is 15.6. The molecule has 12 nitrogen and oxygen atoms in total.